The van der Waals surface area contributed by atoms with Gasteiger partial charge in [0.25, 0.3) is 5.69 Å². The molecule has 1 aromatic rings. The molecule has 0 saturated carbocycles. The Bertz CT molecular complexity index is 476. The van der Waals surface area contributed by atoms with Crippen LogP contribution in [0.4, 0.5) is 11.4 Å². The van der Waals surface area contributed by atoms with E-state index in [1.54, 1.807) is 12.1 Å². The van der Waals surface area contributed by atoms with Crippen LogP contribution in [0.3, 0.4) is 0 Å². The van der Waals surface area contributed by atoms with Crippen molar-refractivity contribution in [3.05, 3.63) is 33.9 Å². The molecule has 1 rings (SSSR count). The van der Waals surface area contributed by atoms with Gasteiger partial charge in [-0.05, 0) is 25.0 Å². The molecule has 0 aliphatic carbocycles. The standard InChI is InChI=1S/C13H17N3O2/c1-4-11(5-2)15(3)12-6-7-13(16(17)18)10(8-12)9-14/h6-8,11H,4-5H2,1-3H3. The molecule has 0 atom stereocenters. The zero-order valence-corrected chi connectivity index (χ0v) is 10.9. The van der Waals surface area contributed by atoms with Crippen molar-refractivity contribution < 1.29 is 4.92 Å². The number of nitrogens with zero attached hydrogens (tertiary/aromatic N) is 3. The van der Waals surface area contributed by atoms with Crippen LogP contribution in [0.15, 0.2) is 18.2 Å². The Morgan fingerprint density at radius 3 is 2.50 bits per heavy atom. The number of hydrogen-bond acceptors (Lipinski definition) is 4. The molecule has 0 aliphatic heterocycles. The zero-order valence-electron chi connectivity index (χ0n) is 10.9. The van der Waals surface area contributed by atoms with E-state index < -0.39 is 4.92 Å². The van der Waals surface area contributed by atoms with E-state index in [0.717, 1.165) is 18.5 Å². The molecule has 96 valence electrons. The Morgan fingerprint density at radius 1 is 1.44 bits per heavy atom. The maximum Gasteiger partial charge on any atom is 0.287 e. The summed E-state index contributed by atoms with van der Waals surface area (Å²) < 4.78 is 0. The minimum Gasteiger partial charge on any atom is -0.372 e. The van der Waals surface area contributed by atoms with Crippen molar-refractivity contribution >= 4 is 11.4 Å². The molecule has 5 nitrogen and oxygen atoms in total. The van der Waals surface area contributed by atoms with Gasteiger partial charge in [0, 0.05) is 24.8 Å². The summed E-state index contributed by atoms with van der Waals surface area (Å²) in [5.74, 6) is 0. The van der Waals surface area contributed by atoms with Gasteiger partial charge in [-0.15, -0.1) is 0 Å². The molecule has 0 N–H and O–H groups in total. The molecule has 0 bridgehead atoms. The Morgan fingerprint density at radius 2 is 2.06 bits per heavy atom. The lowest BCUT2D eigenvalue weighted by Crippen LogP contribution is -2.30. The van der Waals surface area contributed by atoms with Gasteiger partial charge in [-0.1, -0.05) is 13.8 Å². The SMILES string of the molecule is CCC(CC)N(C)c1ccc([N+](=O)[O-])c(C#N)c1. The molecule has 5 heteroatoms. The molecule has 0 fully saturated rings. The topological polar surface area (TPSA) is 70.2 Å². The van der Waals surface area contributed by atoms with E-state index in [9.17, 15) is 10.1 Å². The van der Waals surface area contributed by atoms with Gasteiger partial charge in [-0.2, -0.15) is 5.26 Å². The van der Waals surface area contributed by atoms with Gasteiger partial charge in [0.2, 0.25) is 0 Å². The number of hydrogen-bond donors (Lipinski definition) is 0. The van der Waals surface area contributed by atoms with Gasteiger partial charge in [-0.3, -0.25) is 10.1 Å². The largest absolute Gasteiger partial charge is 0.372 e. The Balaban J connectivity index is 3.13. The first-order valence-corrected chi connectivity index (χ1v) is 5.96. The number of nitro groups is 1. The molecule has 18 heavy (non-hydrogen) atoms. The molecule has 0 radical (unpaired) electrons. The molecule has 0 aromatic heterocycles. The van der Waals surface area contributed by atoms with Crippen LogP contribution in [0, 0.1) is 21.4 Å². The smallest absolute Gasteiger partial charge is 0.287 e. The van der Waals surface area contributed by atoms with E-state index in [1.165, 1.54) is 6.07 Å². The number of nitriles is 1. The highest BCUT2D eigenvalue weighted by atomic mass is 16.6. The van der Waals surface area contributed by atoms with E-state index in [-0.39, 0.29) is 11.3 Å². The Hall–Kier alpha value is -2.09. The van der Waals surface area contributed by atoms with Crippen molar-refractivity contribution in [3.63, 3.8) is 0 Å². The third kappa shape index (κ3) is 2.77. The fourth-order valence-corrected chi connectivity index (χ4v) is 2.04. The first-order valence-electron chi connectivity index (χ1n) is 5.96. The molecular weight excluding hydrogens is 230 g/mol. The van der Waals surface area contributed by atoms with Crippen molar-refractivity contribution in [2.24, 2.45) is 0 Å². The second-order valence-electron chi connectivity index (χ2n) is 4.15. The third-order valence-electron chi connectivity index (χ3n) is 3.19. The fourth-order valence-electron chi connectivity index (χ4n) is 2.04. The summed E-state index contributed by atoms with van der Waals surface area (Å²) in [6.45, 7) is 4.20. The molecule has 0 saturated heterocycles. The van der Waals surface area contributed by atoms with Crippen molar-refractivity contribution in [1.29, 1.82) is 5.26 Å². The monoisotopic (exact) mass is 247 g/mol. The average molecular weight is 247 g/mol. The third-order valence-corrected chi connectivity index (χ3v) is 3.19. The second-order valence-corrected chi connectivity index (χ2v) is 4.15. The average Bonchev–Trinajstić information content (AvgIpc) is 2.39. The minimum atomic E-state index is -0.528. The van der Waals surface area contributed by atoms with Crippen molar-refractivity contribution in [2.45, 2.75) is 32.7 Å². The summed E-state index contributed by atoms with van der Waals surface area (Å²) in [6.07, 6.45) is 1.98. The van der Waals surface area contributed by atoms with Gasteiger partial charge in [0.1, 0.15) is 11.6 Å². The number of anilines is 1. The van der Waals surface area contributed by atoms with Crippen LogP contribution < -0.4 is 4.90 Å². The van der Waals surface area contributed by atoms with Gasteiger partial charge >= 0.3 is 0 Å². The highest BCUT2D eigenvalue weighted by Crippen LogP contribution is 2.25. The zero-order chi connectivity index (χ0) is 13.7. The molecule has 1 aromatic carbocycles. The van der Waals surface area contributed by atoms with Crippen LogP contribution in [0.1, 0.15) is 32.3 Å². The first-order chi connectivity index (χ1) is 8.54. The molecule has 0 amide bonds. The number of nitro benzene ring substituents is 1. The molecule has 0 spiro atoms. The van der Waals surface area contributed by atoms with Gasteiger partial charge in [0.05, 0.1) is 4.92 Å². The summed E-state index contributed by atoms with van der Waals surface area (Å²) in [5, 5.41) is 19.7. The Labute approximate surface area is 107 Å². The highest BCUT2D eigenvalue weighted by molar-refractivity contribution is 5.59. The van der Waals surface area contributed by atoms with Crippen molar-refractivity contribution in [2.75, 3.05) is 11.9 Å². The highest BCUT2D eigenvalue weighted by Gasteiger charge is 2.17. The fraction of sp³-hybridized carbons (Fsp3) is 0.462. The lowest BCUT2D eigenvalue weighted by atomic mass is 10.1. The van der Waals surface area contributed by atoms with Crippen molar-refractivity contribution in [1.82, 2.24) is 0 Å². The molecular formula is C13H17N3O2. The minimum absolute atomic E-state index is 0.107. The Kier molecular flexibility index (Phi) is 4.67. The summed E-state index contributed by atoms with van der Waals surface area (Å²) in [5.41, 5.74) is 0.806. The van der Waals surface area contributed by atoms with Crippen LogP contribution in [0.25, 0.3) is 0 Å². The van der Waals surface area contributed by atoms with Crippen LogP contribution in [0.2, 0.25) is 0 Å². The van der Waals surface area contributed by atoms with Crippen LogP contribution in [0.5, 0.6) is 0 Å². The number of rotatable bonds is 5. The normalized spacial score (nSPS) is 10.2. The quantitative estimate of drug-likeness (QED) is 0.592. The predicted molar refractivity (Wildman–Crippen MR) is 70.6 cm³/mol. The second kappa shape index (κ2) is 6.01. The van der Waals surface area contributed by atoms with Gasteiger partial charge in [-0.25, -0.2) is 0 Å². The maximum atomic E-state index is 10.7. The first kappa shape index (κ1) is 14.0. The van der Waals surface area contributed by atoms with E-state index in [1.807, 2.05) is 13.1 Å². The van der Waals surface area contributed by atoms with Crippen LogP contribution in [-0.4, -0.2) is 18.0 Å². The summed E-state index contributed by atoms with van der Waals surface area (Å²) >= 11 is 0. The van der Waals surface area contributed by atoms with Crippen molar-refractivity contribution in [3.8, 4) is 6.07 Å². The maximum absolute atomic E-state index is 10.7. The number of benzene rings is 1. The summed E-state index contributed by atoms with van der Waals surface area (Å²) in [7, 11) is 1.94. The lowest BCUT2D eigenvalue weighted by molar-refractivity contribution is -0.385. The van der Waals surface area contributed by atoms with E-state index in [0.29, 0.717) is 6.04 Å². The summed E-state index contributed by atoms with van der Waals surface area (Å²) in [4.78, 5) is 12.3. The lowest BCUT2D eigenvalue weighted by Gasteiger charge is -2.28. The van der Waals surface area contributed by atoms with Gasteiger partial charge in [0.15, 0.2) is 0 Å². The van der Waals surface area contributed by atoms with E-state index in [2.05, 4.69) is 18.7 Å². The van der Waals surface area contributed by atoms with Crippen LogP contribution in [-0.2, 0) is 0 Å². The molecule has 0 heterocycles. The predicted octanol–water partition coefficient (Wildman–Crippen LogP) is 3.09. The van der Waals surface area contributed by atoms with Gasteiger partial charge < -0.3 is 4.90 Å². The van der Waals surface area contributed by atoms with Crippen LogP contribution >= 0.6 is 0 Å². The van der Waals surface area contributed by atoms with E-state index >= 15 is 0 Å². The molecule has 0 unspecified atom stereocenters. The molecule has 0 aliphatic rings. The summed E-state index contributed by atoms with van der Waals surface area (Å²) in [6, 6.07) is 6.92. The van der Waals surface area contributed by atoms with E-state index in [4.69, 9.17) is 5.26 Å².